The Labute approximate surface area is 119 Å². The molecule has 0 spiro atoms. The van der Waals surface area contributed by atoms with E-state index in [0.717, 1.165) is 15.8 Å². The van der Waals surface area contributed by atoms with Crippen LogP contribution in [0.4, 0.5) is 0 Å². The first-order valence-corrected chi connectivity index (χ1v) is 6.42. The second-order valence-corrected chi connectivity index (χ2v) is 4.91. The van der Waals surface area contributed by atoms with E-state index in [0.29, 0.717) is 11.3 Å². The summed E-state index contributed by atoms with van der Waals surface area (Å²) in [5.41, 5.74) is 7.18. The van der Waals surface area contributed by atoms with Gasteiger partial charge in [0.2, 0.25) is 0 Å². The molecular weight excluding hydrogens is 308 g/mol. The largest absolute Gasteiger partial charge is 0.456 e. The molecule has 5 heteroatoms. The Hall–Kier alpha value is -2.01. The Kier molecular flexibility index (Phi) is 4.06. The van der Waals surface area contributed by atoms with E-state index in [9.17, 15) is 0 Å². The van der Waals surface area contributed by atoms with Gasteiger partial charge in [-0.05, 0) is 36.8 Å². The van der Waals surface area contributed by atoms with Crippen molar-refractivity contribution in [3.63, 3.8) is 0 Å². The van der Waals surface area contributed by atoms with E-state index < -0.39 is 0 Å². The average Bonchev–Trinajstić information content (AvgIpc) is 2.41. The van der Waals surface area contributed by atoms with Crippen molar-refractivity contribution in [2.75, 3.05) is 0 Å². The standard InChI is InChI=1S/C14H13BrN2O2/c1-9-4-2-3-5-12(9)19-13-8-10(15)6-7-11(13)14(16)17-18/h2-8,18H,1H3,(H2,16,17). The fourth-order valence-corrected chi connectivity index (χ4v) is 1.98. The Morgan fingerprint density at radius 2 is 1.95 bits per heavy atom. The van der Waals surface area contributed by atoms with E-state index in [-0.39, 0.29) is 5.84 Å². The van der Waals surface area contributed by atoms with E-state index in [2.05, 4.69) is 21.1 Å². The molecule has 0 heterocycles. The minimum Gasteiger partial charge on any atom is -0.456 e. The number of halogens is 1. The van der Waals surface area contributed by atoms with Crippen LogP contribution in [0.1, 0.15) is 11.1 Å². The number of benzene rings is 2. The third kappa shape index (κ3) is 3.06. The molecule has 0 aliphatic heterocycles. The lowest BCUT2D eigenvalue weighted by Crippen LogP contribution is -2.14. The van der Waals surface area contributed by atoms with Crippen LogP contribution in [0.25, 0.3) is 0 Å². The molecule has 2 aromatic rings. The van der Waals surface area contributed by atoms with Crippen molar-refractivity contribution in [3.05, 3.63) is 58.1 Å². The molecule has 4 nitrogen and oxygen atoms in total. The van der Waals surface area contributed by atoms with Gasteiger partial charge in [0.15, 0.2) is 5.84 Å². The zero-order valence-electron chi connectivity index (χ0n) is 10.3. The van der Waals surface area contributed by atoms with Crippen LogP contribution in [0.3, 0.4) is 0 Å². The molecule has 0 aromatic heterocycles. The number of amidine groups is 1. The minimum absolute atomic E-state index is 0.0103. The monoisotopic (exact) mass is 320 g/mol. The Morgan fingerprint density at radius 1 is 1.21 bits per heavy atom. The van der Waals surface area contributed by atoms with Gasteiger partial charge < -0.3 is 15.7 Å². The normalized spacial score (nSPS) is 11.4. The summed E-state index contributed by atoms with van der Waals surface area (Å²) in [6.45, 7) is 1.95. The third-order valence-corrected chi connectivity index (χ3v) is 3.13. The molecule has 0 fully saturated rings. The maximum Gasteiger partial charge on any atom is 0.173 e. The summed E-state index contributed by atoms with van der Waals surface area (Å²) in [5.74, 6) is 1.27. The molecule has 0 radical (unpaired) electrons. The van der Waals surface area contributed by atoms with Crippen LogP contribution in [-0.4, -0.2) is 11.0 Å². The number of nitrogens with two attached hydrogens (primary N) is 1. The highest BCUT2D eigenvalue weighted by Crippen LogP contribution is 2.30. The number of rotatable bonds is 3. The third-order valence-electron chi connectivity index (χ3n) is 2.64. The average molecular weight is 321 g/mol. The highest BCUT2D eigenvalue weighted by Gasteiger charge is 2.11. The summed E-state index contributed by atoms with van der Waals surface area (Å²) in [6.07, 6.45) is 0. The molecule has 2 rings (SSSR count). The van der Waals surface area contributed by atoms with Gasteiger partial charge in [-0.3, -0.25) is 0 Å². The van der Waals surface area contributed by atoms with Crippen molar-refractivity contribution in [3.8, 4) is 11.5 Å². The van der Waals surface area contributed by atoms with Gasteiger partial charge in [0, 0.05) is 4.47 Å². The number of ether oxygens (including phenoxy) is 1. The van der Waals surface area contributed by atoms with Crippen LogP contribution in [0.15, 0.2) is 52.1 Å². The van der Waals surface area contributed by atoms with Crippen molar-refractivity contribution in [2.24, 2.45) is 10.9 Å². The minimum atomic E-state index is 0.0103. The lowest BCUT2D eigenvalue weighted by molar-refractivity contribution is 0.318. The topological polar surface area (TPSA) is 67.8 Å². The maximum absolute atomic E-state index is 8.80. The summed E-state index contributed by atoms with van der Waals surface area (Å²) in [4.78, 5) is 0. The van der Waals surface area contributed by atoms with Crippen LogP contribution in [0.2, 0.25) is 0 Å². The van der Waals surface area contributed by atoms with Gasteiger partial charge in [0.1, 0.15) is 11.5 Å². The predicted molar refractivity (Wildman–Crippen MR) is 77.9 cm³/mol. The first-order valence-electron chi connectivity index (χ1n) is 5.62. The molecule has 0 bridgehead atoms. The molecule has 0 saturated heterocycles. The van der Waals surface area contributed by atoms with Crippen LogP contribution in [0.5, 0.6) is 11.5 Å². The van der Waals surface area contributed by atoms with Gasteiger partial charge in [-0.25, -0.2) is 0 Å². The Balaban J connectivity index is 2.44. The number of para-hydroxylation sites is 1. The van der Waals surface area contributed by atoms with Gasteiger partial charge >= 0.3 is 0 Å². The quantitative estimate of drug-likeness (QED) is 0.392. The van der Waals surface area contributed by atoms with Gasteiger partial charge in [0.25, 0.3) is 0 Å². The van der Waals surface area contributed by atoms with Crippen molar-refractivity contribution in [1.82, 2.24) is 0 Å². The smallest absolute Gasteiger partial charge is 0.173 e. The van der Waals surface area contributed by atoms with Gasteiger partial charge in [-0.1, -0.05) is 39.3 Å². The van der Waals surface area contributed by atoms with Crippen molar-refractivity contribution in [1.29, 1.82) is 0 Å². The second-order valence-electron chi connectivity index (χ2n) is 3.99. The zero-order chi connectivity index (χ0) is 13.8. The van der Waals surface area contributed by atoms with E-state index in [4.69, 9.17) is 15.7 Å². The first kappa shape index (κ1) is 13.4. The highest BCUT2D eigenvalue weighted by atomic mass is 79.9. The van der Waals surface area contributed by atoms with Crippen LogP contribution >= 0.6 is 15.9 Å². The molecule has 2 aromatic carbocycles. The number of oxime groups is 1. The molecule has 19 heavy (non-hydrogen) atoms. The second kappa shape index (κ2) is 5.75. The fraction of sp³-hybridized carbons (Fsp3) is 0.0714. The molecule has 3 N–H and O–H groups in total. The SMILES string of the molecule is Cc1ccccc1Oc1cc(Br)ccc1/C(N)=N/O. The molecule has 0 unspecified atom stereocenters. The van der Waals surface area contributed by atoms with Gasteiger partial charge in [-0.2, -0.15) is 0 Å². The molecule has 0 aliphatic rings. The van der Waals surface area contributed by atoms with E-state index in [1.165, 1.54) is 0 Å². The highest BCUT2D eigenvalue weighted by molar-refractivity contribution is 9.10. The van der Waals surface area contributed by atoms with E-state index >= 15 is 0 Å². The van der Waals surface area contributed by atoms with Crippen molar-refractivity contribution < 1.29 is 9.94 Å². The van der Waals surface area contributed by atoms with Gasteiger partial charge in [-0.15, -0.1) is 0 Å². The fourth-order valence-electron chi connectivity index (χ4n) is 1.64. The molecule has 0 saturated carbocycles. The molecule has 0 aliphatic carbocycles. The van der Waals surface area contributed by atoms with E-state index in [1.807, 2.05) is 31.2 Å². The number of hydrogen-bond acceptors (Lipinski definition) is 3. The number of nitrogens with zero attached hydrogens (tertiary/aromatic N) is 1. The first-order chi connectivity index (χ1) is 9.11. The van der Waals surface area contributed by atoms with Crippen LogP contribution in [-0.2, 0) is 0 Å². The molecular formula is C14H13BrN2O2. The summed E-state index contributed by atoms with van der Waals surface area (Å²) in [7, 11) is 0. The van der Waals surface area contributed by atoms with E-state index in [1.54, 1.807) is 18.2 Å². The maximum atomic E-state index is 8.80. The van der Waals surface area contributed by atoms with Crippen LogP contribution < -0.4 is 10.5 Å². The van der Waals surface area contributed by atoms with Crippen molar-refractivity contribution >= 4 is 21.8 Å². The predicted octanol–water partition coefficient (Wildman–Crippen LogP) is 3.64. The lowest BCUT2D eigenvalue weighted by atomic mass is 10.2. The van der Waals surface area contributed by atoms with Crippen LogP contribution in [0, 0.1) is 6.92 Å². The summed E-state index contributed by atoms with van der Waals surface area (Å²) >= 11 is 3.38. The molecule has 0 amide bonds. The molecule has 0 atom stereocenters. The van der Waals surface area contributed by atoms with Crippen molar-refractivity contribution in [2.45, 2.75) is 6.92 Å². The zero-order valence-corrected chi connectivity index (χ0v) is 11.9. The lowest BCUT2D eigenvalue weighted by Gasteiger charge is -2.12. The number of aryl methyl sites for hydroxylation is 1. The summed E-state index contributed by atoms with van der Waals surface area (Å²) in [5, 5.41) is 11.8. The Bertz CT molecular complexity index is 627. The van der Waals surface area contributed by atoms with Gasteiger partial charge in [0.05, 0.1) is 5.56 Å². The Morgan fingerprint density at radius 3 is 2.63 bits per heavy atom. The molecule has 98 valence electrons. The number of hydrogen-bond donors (Lipinski definition) is 2. The summed E-state index contributed by atoms with van der Waals surface area (Å²) in [6, 6.07) is 13.0. The summed E-state index contributed by atoms with van der Waals surface area (Å²) < 4.78 is 6.69.